The first-order valence-electron chi connectivity index (χ1n) is 4.38. The molecule has 0 spiro atoms. The van der Waals surface area contributed by atoms with Crippen LogP contribution in [0.4, 0.5) is 0 Å². The van der Waals surface area contributed by atoms with E-state index < -0.39 is 0 Å². The molecule has 1 aromatic rings. The van der Waals surface area contributed by atoms with E-state index in [1.54, 1.807) is 12.3 Å². The van der Waals surface area contributed by atoms with Gasteiger partial charge in [0, 0.05) is 12.2 Å². The van der Waals surface area contributed by atoms with E-state index in [0.717, 1.165) is 17.3 Å². The maximum atomic E-state index is 5.76. The second-order valence-electron chi connectivity index (χ2n) is 3.41. The summed E-state index contributed by atoms with van der Waals surface area (Å²) < 4.78 is 6.39. The van der Waals surface area contributed by atoms with Gasteiger partial charge in [0.05, 0.1) is 9.50 Å². The van der Waals surface area contributed by atoms with Gasteiger partial charge in [-0.1, -0.05) is 11.6 Å². The number of nitrogens with zero attached hydrogens (tertiary/aromatic N) is 1. The molecule has 0 unspecified atom stereocenters. The highest BCUT2D eigenvalue weighted by Crippen LogP contribution is 2.29. The maximum Gasteiger partial charge on any atom is 0.228 e. The average Bonchev–Trinajstić information content (AvgIpc) is 2.06. The van der Waals surface area contributed by atoms with E-state index in [2.05, 4.69) is 20.9 Å². The van der Waals surface area contributed by atoms with E-state index in [-0.39, 0.29) is 12.1 Å². The van der Waals surface area contributed by atoms with Crippen molar-refractivity contribution < 1.29 is 4.74 Å². The van der Waals surface area contributed by atoms with Crippen LogP contribution >= 0.6 is 27.5 Å². The van der Waals surface area contributed by atoms with Crippen molar-refractivity contribution in [2.75, 3.05) is 0 Å². The van der Waals surface area contributed by atoms with E-state index in [9.17, 15) is 0 Å². The van der Waals surface area contributed by atoms with Gasteiger partial charge in [-0.15, -0.1) is 0 Å². The molecular weight excluding hydrogens is 267 g/mol. The lowest BCUT2D eigenvalue weighted by atomic mass is 9.90. The fourth-order valence-corrected chi connectivity index (χ4v) is 2.08. The van der Waals surface area contributed by atoms with Crippen LogP contribution in [0.2, 0.25) is 5.02 Å². The highest BCUT2D eigenvalue weighted by atomic mass is 79.9. The molecule has 1 fully saturated rings. The van der Waals surface area contributed by atoms with Gasteiger partial charge < -0.3 is 10.5 Å². The minimum atomic E-state index is 0.204. The molecule has 0 atom stereocenters. The highest BCUT2D eigenvalue weighted by molar-refractivity contribution is 9.10. The van der Waals surface area contributed by atoms with Crippen LogP contribution in [0, 0.1) is 0 Å². The minimum absolute atomic E-state index is 0.204. The summed E-state index contributed by atoms with van der Waals surface area (Å²) in [4.78, 5) is 4.08. The van der Waals surface area contributed by atoms with Gasteiger partial charge in [-0.2, -0.15) is 0 Å². The summed E-state index contributed by atoms with van der Waals surface area (Å²) in [6, 6.07) is 2.05. The molecule has 1 aromatic heterocycles. The Balaban J connectivity index is 2.02. The smallest absolute Gasteiger partial charge is 0.228 e. The summed E-state index contributed by atoms with van der Waals surface area (Å²) in [7, 11) is 0. The van der Waals surface area contributed by atoms with Crippen molar-refractivity contribution in [2.45, 2.75) is 25.0 Å². The molecule has 2 rings (SSSR count). The number of rotatable bonds is 2. The zero-order valence-corrected chi connectivity index (χ0v) is 9.75. The number of hydrogen-bond donors (Lipinski definition) is 1. The van der Waals surface area contributed by atoms with Gasteiger partial charge in [0.2, 0.25) is 5.88 Å². The summed E-state index contributed by atoms with van der Waals surface area (Å²) in [5.41, 5.74) is 5.65. The third-order valence-corrected chi connectivity index (χ3v) is 2.96. The topological polar surface area (TPSA) is 48.1 Å². The second kappa shape index (κ2) is 4.04. The van der Waals surface area contributed by atoms with Crippen LogP contribution in [0.25, 0.3) is 0 Å². The van der Waals surface area contributed by atoms with Gasteiger partial charge >= 0.3 is 0 Å². The maximum absolute atomic E-state index is 5.76. The standard InChI is InChI=1S/C9H10BrClN2O/c10-8-1-5(11)4-13-9(8)14-7-2-6(12)3-7/h1,4,6-7H,2-3,12H2. The first kappa shape index (κ1) is 10.2. The van der Waals surface area contributed by atoms with Gasteiger partial charge in [0.1, 0.15) is 6.10 Å². The van der Waals surface area contributed by atoms with Crippen molar-refractivity contribution in [3.05, 3.63) is 21.8 Å². The Kier molecular flexibility index (Phi) is 2.95. The number of nitrogens with two attached hydrogens (primary N) is 1. The van der Waals surface area contributed by atoms with Gasteiger partial charge in [0.15, 0.2) is 0 Å². The van der Waals surface area contributed by atoms with Gasteiger partial charge in [0.25, 0.3) is 0 Å². The molecule has 14 heavy (non-hydrogen) atoms. The monoisotopic (exact) mass is 276 g/mol. The van der Waals surface area contributed by atoms with Crippen LogP contribution in [0.3, 0.4) is 0 Å². The molecule has 5 heteroatoms. The lowest BCUT2D eigenvalue weighted by Gasteiger charge is -2.32. The number of pyridine rings is 1. The zero-order valence-electron chi connectivity index (χ0n) is 7.41. The minimum Gasteiger partial charge on any atom is -0.473 e. The lowest BCUT2D eigenvalue weighted by molar-refractivity contribution is 0.0949. The van der Waals surface area contributed by atoms with E-state index in [4.69, 9.17) is 22.1 Å². The summed E-state index contributed by atoms with van der Waals surface area (Å²) in [5, 5.41) is 0.592. The van der Waals surface area contributed by atoms with Gasteiger partial charge in [-0.25, -0.2) is 4.98 Å². The van der Waals surface area contributed by atoms with Gasteiger partial charge in [-0.3, -0.25) is 0 Å². The van der Waals surface area contributed by atoms with Crippen LogP contribution < -0.4 is 10.5 Å². The quantitative estimate of drug-likeness (QED) is 0.903. The highest BCUT2D eigenvalue weighted by Gasteiger charge is 2.28. The zero-order chi connectivity index (χ0) is 10.1. The fourth-order valence-electron chi connectivity index (χ4n) is 1.35. The molecule has 0 saturated heterocycles. The molecule has 1 aliphatic carbocycles. The van der Waals surface area contributed by atoms with Crippen molar-refractivity contribution in [3.8, 4) is 5.88 Å². The Morgan fingerprint density at radius 3 is 2.86 bits per heavy atom. The third-order valence-electron chi connectivity index (χ3n) is 2.18. The third kappa shape index (κ3) is 2.19. The molecule has 0 aromatic carbocycles. The first-order valence-corrected chi connectivity index (χ1v) is 5.55. The predicted molar refractivity (Wildman–Crippen MR) is 58.6 cm³/mol. The Bertz CT molecular complexity index is 342. The molecule has 3 nitrogen and oxygen atoms in total. The Morgan fingerprint density at radius 1 is 1.57 bits per heavy atom. The summed E-state index contributed by atoms with van der Waals surface area (Å²) in [5.74, 6) is 0.589. The summed E-state index contributed by atoms with van der Waals surface area (Å²) >= 11 is 9.10. The molecule has 0 radical (unpaired) electrons. The van der Waals surface area contributed by atoms with E-state index in [1.165, 1.54) is 0 Å². The molecule has 1 saturated carbocycles. The van der Waals surface area contributed by atoms with Crippen LogP contribution in [-0.2, 0) is 0 Å². The molecule has 0 aliphatic heterocycles. The Morgan fingerprint density at radius 2 is 2.29 bits per heavy atom. The van der Waals surface area contributed by atoms with E-state index >= 15 is 0 Å². The summed E-state index contributed by atoms with van der Waals surface area (Å²) in [6.45, 7) is 0. The molecule has 0 bridgehead atoms. The number of hydrogen-bond acceptors (Lipinski definition) is 3. The van der Waals surface area contributed by atoms with E-state index in [0.29, 0.717) is 10.9 Å². The number of halogens is 2. The molecule has 1 heterocycles. The molecular formula is C9H10BrClN2O. The van der Waals surface area contributed by atoms with Crippen molar-refractivity contribution >= 4 is 27.5 Å². The first-order chi connectivity index (χ1) is 6.65. The fraction of sp³-hybridized carbons (Fsp3) is 0.444. The number of ether oxygens (including phenoxy) is 1. The molecule has 76 valence electrons. The summed E-state index contributed by atoms with van der Waals surface area (Å²) in [6.07, 6.45) is 3.57. The van der Waals surface area contributed by atoms with Crippen LogP contribution in [0.1, 0.15) is 12.8 Å². The molecule has 2 N–H and O–H groups in total. The van der Waals surface area contributed by atoms with Crippen molar-refractivity contribution in [1.29, 1.82) is 0 Å². The van der Waals surface area contributed by atoms with Crippen molar-refractivity contribution in [1.82, 2.24) is 4.98 Å². The molecule has 1 aliphatic rings. The Labute approximate surface area is 95.7 Å². The normalized spacial score (nSPS) is 25.6. The lowest BCUT2D eigenvalue weighted by Crippen LogP contribution is -2.43. The largest absolute Gasteiger partial charge is 0.473 e. The second-order valence-corrected chi connectivity index (χ2v) is 4.70. The van der Waals surface area contributed by atoms with E-state index in [1.807, 2.05) is 0 Å². The van der Waals surface area contributed by atoms with Crippen LogP contribution in [-0.4, -0.2) is 17.1 Å². The van der Waals surface area contributed by atoms with Crippen molar-refractivity contribution in [2.24, 2.45) is 5.73 Å². The predicted octanol–water partition coefficient (Wildman–Crippen LogP) is 2.37. The number of aromatic nitrogens is 1. The van der Waals surface area contributed by atoms with Crippen LogP contribution in [0.15, 0.2) is 16.7 Å². The van der Waals surface area contributed by atoms with Crippen molar-refractivity contribution in [3.63, 3.8) is 0 Å². The molecule has 0 amide bonds. The van der Waals surface area contributed by atoms with Gasteiger partial charge in [-0.05, 0) is 34.8 Å². The van der Waals surface area contributed by atoms with Crippen LogP contribution in [0.5, 0.6) is 5.88 Å². The average molecular weight is 278 g/mol. The SMILES string of the molecule is NC1CC(Oc2ncc(Cl)cc2Br)C1. The Hall–Kier alpha value is -0.320.